The molecular weight excluding hydrogens is 412 g/mol. The number of hydrogen-bond donors (Lipinski definition) is 0. The van der Waals surface area contributed by atoms with E-state index in [-0.39, 0.29) is 5.91 Å². The number of carbonyl (C=O) groups excluding carboxylic acids is 1. The van der Waals surface area contributed by atoms with Crippen molar-refractivity contribution < 1.29 is 4.79 Å². The van der Waals surface area contributed by atoms with Gasteiger partial charge in [-0.2, -0.15) is 0 Å². The summed E-state index contributed by atoms with van der Waals surface area (Å²) in [6.45, 7) is 7.44. The van der Waals surface area contributed by atoms with Crippen molar-refractivity contribution in [3.8, 4) is 11.4 Å². The van der Waals surface area contributed by atoms with Crippen LogP contribution in [-0.4, -0.2) is 43.9 Å². The van der Waals surface area contributed by atoms with Crippen LogP contribution in [0.2, 0.25) is 0 Å². The molecule has 0 N–H and O–H groups in total. The first-order chi connectivity index (χ1) is 12.6. The average Bonchev–Trinajstić information content (AvgIpc) is 3.04. The summed E-state index contributed by atoms with van der Waals surface area (Å²) in [7, 11) is 0. The van der Waals surface area contributed by atoms with Crippen LogP contribution in [0.25, 0.3) is 11.4 Å². The summed E-state index contributed by atoms with van der Waals surface area (Å²) < 4.78 is 3.03. The number of aromatic nitrogens is 3. The lowest BCUT2D eigenvalue weighted by Crippen LogP contribution is -2.43. The number of rotatable bonds is 6. The quantitative estimate of drug-likeness (QED) is 0.499. The second kappa shape index (κ2) is 8.86. The molecule has 3 rings (SSSR count). The van der Waals surface area contributed by atoms with Gasteiger partial charge < -0.3 is 4.90 Å². The van der Waals surface area contributed by atoms with Crippen LogP contribution in [0.3, 0.4) is 0 Å². The fourth-order valence-corrected chi connectivity index (χ4v) is 4.28. The van der Waals surface area contributed by atoms with Gasteiger partial charge in [0.2, 0.25) is 5.91 Å². The molecule has 1 unspecified atom stereocenters. The molecule has 1 saturated heterocycles. The highest BCUT2D eigenvalue weighted by molar-refractivity contribution is 9.10. The summed E-state index contributed by atoms with van der Waals surface area (Å²) in [6, 6.07) is 8.30. The van der Waals surface area contributed by atoms with Crippen molar-refractivity contribution in [2.24, 2.45) is 0 Å². The van der Waals surface area contributed by atoms with E-state index in [1.165, 1.54) is 18.2 Å². The molecule has 0 aliphatic carbocycles. The molecule has 1 aromatic carbocycles. The van der Waals surface area contributed by atoms with Gasteiger partial charge in [0, 0.05) is 29.2 Å². The first-order valence-corrected chi connectivity index (χ1v) is 10.6. The monoisotopic (exact) mass is 434 g/mol. The van der Waals surface area contributed by atoms with E-state index in [1.807, 2.05) is 39.8 Å². The smallest absolute Gasteiger partial charge is 0.233 e. The Bertz CT molecular complexity index is 774. The standard InChI is InChI=1S/C19H23BrN4OS/c1-3-11-24-18(15-7-9-16(20)10-8-15)21-22-19(24)26-13-17(25)23-12-5-4-6-14(23)2/h3,7-10,14H,1,4-6,11-13H2,2H3. The van der Waals surface area contributed by atoms with Crippen molar-refractivity contribution in [3.63, 3.8) is 0 Å². The number of piperidine rings is 1. The largest absolute Gasteiger partial charge is 0.339 e. The van der Waals surface area contributed by atoms with E-state index < -0.39 is 0 Å². The number of nitrogens with zero attached hydrogens (tertiary/aromatic N) is 4. The fourth-order valence-electron chi connectivity index (χ4n) is 3.18. The van der Waals surface area contributed by atoms with E-state index in [2.05, 4.69) is 39.6 Å². The lowest BCUT2D eigenvalue weighted by atomic mass is 10.0. The van der Waals surface area contributed by atoms with Crippen LogP contribution in [0.15, 0.2) is 46.5 Å². The van der Waals surface area contributed by atoms with Gasteiger partial charge in [-0.1, -0.05) is 45.9 Å². The number of allylic oxidation sites excluding steroid dienone is 1. The molecule has 1 aromatic heterocycles. The number of thioether (sulfide) groups is 1. The van der Waals surface area contributed by atoms with Gasteiger partial charge in [0.05, 0.1) is 5.75 Å². The summed E-state index contributed by atoms with van der Waals surface area (Å²) in [5.74, 6) is 1.36. The van der Waals surface area contributed by atoms with Gasteiger partial charge in [0.15, 0.2) is 11.0 Å². The summed E-state index contributed by atoms with van der Waals surface area (Å²) in [5, 5.41) is 9.41. The maximum Gasteiger partial charge on any atom is 0.233 e. The lowest BCUT2D eigenvalue weighted by molar-refractivity contribution is -0.131. The minimum absolute atomic E-state index is 0.181. The zero-order valence-electron chi connectivity index (χ0n) is 14.9. The molecular formula is C19H23BrN4OS. The molecule has 2 aromatic rings. The SMILES string of the molecule is C=CCn1c(SCC(=O)N2CCCCC2C)nnc1-c1ccc(Br)cc1. The van der Waals surface area contributed by atoms with Crippen LogP contribution in [0, 0.1) is 0 Å². The van der Waals surface area contributed by atoms with Gasteiger partial charge in [-0.3, -0.25) is 9.36 Å². The summed E-state index contributed by atoms with van der Waals surface area (Å²) in [5.41, 5.74) is 0.991. The van der Waals surface area contributed by atoms with Crippen molar-refractivity contribution in [2.75, 3.05) is 12.3 Å². The van der Waals surface area contributed by atoms with E-state index in [0.29, 0.717) is 18.3 Å². The third-order valence-corrected chi connectivity index (χ3v) is 6.06. The maximum atomic E-state index is 12.6. The molecule has 2 heterocycles. The molecule has 1 aliphatic heterocycles. The van der Waals surface area contributed by atoms with E-state index in [4.69, 9.17) is 0 Å². The van der Waals surface area contributed by atoms with Gasteiger partial charge in [-0.15, -0.1) is 16.8 Å². The molecule has 0 saturated carbocycles. The Labute approximate surface area is 167 Å². The number of halogens is 1. The molecule has 0 bridgehead atoms. The summed E-state index contributed by atoms with van der Waals surface area (Å²) in [4.78, 5) is 14.6. The first-order valence-electron chi connectivity index (χ1n) is 8.82. The van der Waals surface area contributed by atoms with Gasteiger partial charge >= 0.3 is 0 Å². The Kier molecular flexibility index (Phi) is 6.53. The summed E-state index contributed by atoms with van der Waals surface area (Å²) >= 11 is 4.90. The van der Waals surface area contributed by atoms with Crippen LogP contribution < -0.4 is 0 Å². The predicted octanol–water partition coefficient (Wildman–Crippen LogP) is 4.39. The zero-order valence-corrected chi connectivity index (χ0v) is 17.3. The topological polar surface area (TPSA) is 51.0 Å². The number of carbonyl (C=O) groups is 1. The highest BCUT2D eigenvalue weighted by Gasteiger charge is 2.24. The van der Waals surface area contributed by atoms with Crippen LogP contribution in [-0.2, 0) is 11.3 Å². The van der Waals surface area contributed by atoms with E-state index >= 15 is 0 Å². The van der Waals surface area contributed by atoms with Crippen molar-refractivity contribution in [1.82, 2.24) is 19.7 Å². The second-order valence-corrected chi connectivity index (χ2v) is 8.29. The first kappa shape index (κ1) is 19.2. The third kappa shape index (κ3) is 4.38. The van der Waals surface area contributed by atoms with Crippen LogP contribution in [0.4, 0.5) is 0 Å². The van der Waals surface area contributed by atoms with Crippen molar-refractivity contribution >= 4 is 33.6 Å². The lowest BCUT2D eigenvalue weighted by Gasteiger charge is -2.33. The molecule has 7 heteroatoms. The Morgan fingerprint density at radius 2 is 2.12 bits per heavy atom. The predicted molar refractivity (Wildman–Crippen MR) is 109 cm³/mol. The zero-order chi connectivity index (χ0) is 18.5. The van der Waals surface area contributed by atoms with Crippen molar-refractivity contribution in [2.45, 2.75) is 43.9 Å². The van der Waals surface area contributed by atoms with Gasteiger partial charge in [0.1, 0.15) is 0 Å². The highest BCUT2D eigenvalue weighted by atomic mass is 79.9. The number of likely N-dealkylation sites (tertiary alicyclic amines) is 1. The average molecular weight is 435 g/mol. The number of benzene rings is 1. The third-order valence-electron chi connectivity index (χ3n) is 4.58. The van der Waals surface area contributed by atoms with E-state index in [0.717, 1.165) is 40.4 Å². The minimum Gasteiger partial charge on any atom is -0.339 e. The Hall–Kier alpha value is -1.60. The Morgan fingerprint density at radius 1 is 1.35 bits per heavy atom. The maximum absolute atomic E-state index is 12.6. The van der Waals surface area contributed by atoms with Crippen molar-refractivity contribution in [1.29, 1.82) is 0 Å². The molecule has 26 heavy (non-hydrogen) atoms. The minimum atomic E-state index is 0.181. The highest BCUT2D eigenvalue weighted by Crippen LogP contribution is 2.26. The Morgan fingerprint density at radius 3 is 2.81 bits per heavy atom. The fraction of sp³-hybridized carbons (Fsp3) is 0.421. The normalized spacial score (nSPS) is 17.3. The molecule has 138 valence electrons. The molecule has 5 nitrogen and oxygen atoms in total. The molecule has 0 spiro atoms. The van der Waals surface area contributed by atoms with Crippen LogP contribution in [0.5, 0.6) is 0 Å². The Balaban J connectivity index is 1.74. The molecule has 0 radical (unpaired) electrons. The van der Waals surface area contributed by atoms with Crippen LogP contribution in [0.1, 0.15) is 26.2 Å². The van der Waals surface area contributed by atoms with Crippen LogP contribution >= 0.6 is 27.7 Å². The van der Waals surface area contributed by atoms with E-state index in [1.54, 1.807) is 0 Å². The number of hydrogen-bond acceptors (Lipinski definition) is 4. The van der Waals surface area contributed by atoms with Crippen molar-refractivity contribution in [3.05, 3.63) is 41.4 Å². The van der Waals surface area contributed by atoms with Gasteiger partial charge in [-0.05, 0) is 38.3 Å². The molecule has 1 atom stereocenters. The van der Waals surface area contributed by atoms with Gasteiger partial charge in [-0.25, -0.2) is 0 Å². The van der Waals surface area contributed by atoms with E-state index in [9.17, 15) is 4.79 Å². The second-order valence-electron chi connectivity index (χ2n) is 6.43. The molecule has 1 amide bonds. The number of amides is 1. The molecule has 1 fully saturated rings. The van der Waals surface area contributed by atoms with Gasteiger partial charge in [0.25, 0.3) is 0 Å². The molecule has 1 aliphatic rings. The summed E-state index contributed by atoms with van der Waals surface area (Å²) in [6.07, 6.45) is 5.23.